The van der Waals surface area contributed by atoms with Crippen LogP contribution in [0.4, 0.5) is 0 Å². The molecule has 0 N–H and O–H groups in total. The fraction of sp³-hybridized carbons (Fsp3) is 0.182. The van der Waals surface area contributed by atoms with Crippen LogP contribution in [0.1, 0.15) is 15.9 Å². The minimum absolute atomic E-state index is 0.340. The molecule has 0 bridgehead atoms. The van der Waals surface area contributed by atoms with Crippen molar-refractivity contribution in [1.82, 2.24) is 0 Å². The Balaban J connectivity index is 2.95. The molecular weight excluding hydrogens is 244 g/mol. The molecule has 0 aromatic heterocycles. The third kappa shape index (κ3) is 2.90. The Kier molecular flexibility index (Phi) is 4.21. The van der Waals surface area contributed by atoms with E-state index in [1.165, 1.54) is 7.11 Å². The molecule has 0 saturated heterocycles. The van der Waals surface area contributed by atoms with Crippen LogP contribution in [0.3, 0.4) is 0 Å². The number of hydrogen-bond acceptors (Lipinski definition) is 2. The number of carbonyl (C=O) groups is 1. The van der Waals surface area contributed by atoms with E-state index in [2.05, 4.69) is 32.5 Å². The van der Waals surface area contributed by atoms with E-state index in [0.29, 0.717) is 10.9 Å². The van der Waals surface area contributed by atoms with Crippen molar-refractivity contribution in [3.8, 4) is 11.8 Å². The zero-order valence-corrected chi connectivity index (χ0v) is 9.30. The second kappa shape index (κ2) is 5.46. The first-order valence-electron chi connectivity index (χ1n) is 4.01. The van der Waals surface area contributed by atoms with Gasteiger partial charge in [-0.3, -0.25) is 0 Å². The lowest BCUT2D eigenvalue weighted by Gasteiger charge is -1.98. The quantitative estimate of drug-likeness (QED) is 0.435. The van der Waals surface area contributed by atoms with Gasteiger partial charge in [0.2, 0.25) is 0 Å². The molecule has 0 spiro atoms. The number of ether oxygens (including phenoxy) is 1. The number of methoxy groups -OCH3 is 1. The highest BCUT2D eigenvalue weighted by atomic mass is 79.9. The van der Waals surface area contributed by atoms with Gasteiger partial charge in [0.05, 0.1) is 18.0 Å². The van der Waals surface area contributed by atoms with Crippen molar-refractivity contribution in [2.45, 2.75) is 0 Å². The van der Waals surface area contributed by atoms with Gasteiger partial charge in [0.1, 0.15) is 0 Å². The van der Waals surface area contributed by atoms with Crippen LogP contribution in [0, 0.1) is 11.8 Å². The lowest BCUT2D eigenvalue weighted by Crippen LogP contribution is -2.00. The number of carbonyl (C=O) groups excluding carboxylic acids is 1. The summed E-state index contributed by atoms with van der Waals surface area (Å²) in [5, 5.41) is 0.620. The summed E-state index contributed by atoms with van der Waals surface area (Å²) in [6.45, 7) is 0. The molecule has 72 valence electrons. The summed E-state index contributed by atoms with van der Waals surface area (Å²) in [5.74, 6) is 5.43. The molecule has 0 atom stereocenters. The molecule has 0 unspecified atom stereocenters. The number of benzene rings is 1. The number of rotatable bonds is 1. The van der Waals surface area contributed by atoms with E-state index in [1.807, 2.05) is 6.07 Å². The number of halogens is 1. The van der Waals surface area contributed by atoms with Gasteiger partial charge in [0, 0.05) is 5.56 Å². The Morgan fingerprint density at radius 2 is 2.36 bits per heavy atom. The molecule has 0 heterocycles. The van der Waals surface area contributed by atoms with E-state index in [-0.39, 0.29) is 5.97 Å². The van der Waals surface area contributed by atoms with Crippen molar-refractivity contribution in [3.05, 3.63) is 35.4 Å². The highest BCUT2D eigenvalue weighted by molar-refractivity contribution is 9.09. The molecule has 1 aromatic rings. The van der Waals surface area contributed by atoms with Crippen LogP contribution in [0.25, 0.3) is 0 Å². The Labute approximate surface area is 91.4 Å². The summed E-state index contributed by atoms with van der Waals surface area (Å²) in [7, 11) is 1.36. The Bertz CT molecular complexity index is 388. The topological polar surface area (TPSA) is 26.3 Å². The van der Waals surface area contributed by atoms with Crippen LogP contribution in [-0.2, 0) is 4.74 Å². The van der Waals surface area contributed by atoms with Gasteiger partial charge in [0.25, 0.3) is 0 Å². The zero-order chi connectivity index (χ0) is 10.4. The zero-order valence-electron chi connectivity index (χ0n) is 7.71. The molecule has 2 nitrogen and oxygen atoms in total. The van der Waals surface area contributed by atoms with Gasteiger partial charge < -0.3 is 4.74 Å². The summed E-state index contributed by atoms with van der Waals surface area (Å²) in [6.07, 6.45) is 0. The van der Waals surface area contributed by atoms with Crippen molar-refractivity contribution in [3.63, 3.8) is 0 Å². The molecule has 0 aliphatic rings. The van der Waals surface area contributed by atoms with E-state index >= 15 is 0 Å². The molecule has 0 aliphatic heterocycles. The summed E-state index contributed by atoms with van der Waals surface area (Å²) in [6, 6.07) is 7.04. The Morgan fingerprint density at radius 1 is 1.57 bits per heavy atom. The third-order valence-electron chi connectivity index (χ3n) is 1.58. The SMILES string of the molecule is COC(=O)c1cccc(C#CCBr)c1. The summed E-state index contributed by atoms with van der Waals surface area (Å²) in [4.78, 5) is 11.2. The highest BCUT2D eigenvalue weighted by Gasteiger charge is 2.03. The predicted octanol–water partition coefficient (Wildman–Crippen LogP) is 2.22. The van der Waals surface area contributed by atoms with Gasteiger partial charge in [0.15, 0.2) is 0 Å². The number of hydrogen-bond donors (Lipinski definition) is 0. The van der Waals surface area contributed by atoms with Gasteiger partial charge in [-0.25, -0.2) is 4.79 Å². The second-order valence-electron chi connectivity index (χ2n) is 2.51. The molecule has 14 heavy (non-hydrogen) atoms. The molecular formula is C11H9BrO2. The predicted molar refractivity (Wildman–Crippen MR) is 58.5 cm³/mol. The van der Waals surface area contributed by atoms with Gasteiger partial charge in [-0.15, -0.1) is 0 Å². The lowest BCUT2D eigenvalue weighted by atomic mass is 10.1. The van der Waals surface area contributed by atoms with Crippen LogP contribution >= 0.6 is 15.9 Å². The maximum atomic E-state index is 11.2. The van der Waals surface area contributed by atoms with E-state index < -0.39 is 0 Å². The van der Waals surface area contributed by atoms with Crippen LogP contribution in [0.5, 0.6) is 0 Å². The van der Waals surface area contributed by atoms with E-state index in [9.17, 15) is 4.79 Å². The van der Waals surface area contributed by atoms with Crippen LogP contribution in [0.2, 0.25) is 0 Å². The summed E-state index contributed by atoms with van der Waals surface area (Å²) >= 11 is 3.20. The van der Waals surface area contributed by atoms with Crippen LogP contribution in [0.15, 0.2) is 24.3 Å². The fourth-order valence-corrected chi connectivity index (χ4v) is 1.12. The van der Waals surface area contributed by atoms with Crippen molar-refractivity contribution >= 4 is 21.9 Å². The average molecular weight is 253 g/mol. The smallest absolute Gasteiger partial charge is 0.337 e. The van der Waals surface area contributed by atoms with Crippen molar-refractivity contribution in [2.75, 3.05) is 12.4 Å². The number of esters is 1. The third-order valence-corrected chi connectivity index (χ3v) is 1.86. The van der Waals surface area contributed by atoms with E-state index in [0.717, 1.165) is 5.56 Å². The maximum Gasteiger partial charge on any atom is 0.337 e. The van der Waals surface area contributed by atoms with Crippen molar-refractivity contribution < 1.29 is 9.53 Å². The van der Waals surface area contributed by atoms with E-state index in [1.54, 1.807) is 18.2 Å². The van der Waals surface area contributed by atoms with Gasteiger partial charge in [-0.05, 0) is 18.2 Å². The normalized spacial score (nSPS) is 8.71. The first kappa shape index (κ1) is 10.8. The first-order valence-corrected chi connectivity index (χ1v) is 5.13. The standard InChI is InChI=1S/C11H9BrO2/c1-14-11(13)10-6-2-4-9(8-10)5-3-7-12/h2,4,6,8H,7H2,1H3. The van der Waals surface area contributed by atoms with Crippen molar-refractivity contribution in [2.24, 2.45) is 0 Å². The number of alkyl halides is 1. The lowest BCUT2D eigenvalue weighted by molar-refractivity contribution is 0.0600. The Morgan fingerprint density at radius 3 is 3.00 bits per heavy atom. The molecule has 0 aliphatic carbocycles. The largest absolute Gasteiger partial charge is 0.465 e. The molecule has 3 heteroatoms. The second-order valence-corrected chi connectivity index (χ2v) is 3.07. The molecule has 1 rings (SSSR count). The van der Waals surface area contributed by atoms with Crippen LogP contribution < -0.4 is 0 Å². The maximum absolute atomic E-state index is 11.2. The van der Waals surface area contributed by atoms with Gasteiger partial charge >= 0.3 is 5.97 Å². The first-order chi connectivity index (χ1) is 6.77. The van der Waals surface area contributed by atoms with Crippen molar-refractivity contribution in [1.29, 1.82) is 0 Å². The minimum atomic E-state index is -0.340. The summed E-state index contributed by atoms with van der Waals surface area (Å²) < 4.78 is 4.60. The molecule has 0 radical (unpaired) electrons. The Hall–Kier alpha value is -1.27. The highest BCUT2D eigenvalue weighted by Crippen LogP contribution is 2.05. The summed E-state index contributed by atoms with van der Waals surface area (Å²) in [5.41, 5.74) is 1.33. The van der Waals surface area contributed by atoms with Crippen LogP contribution in [-0.4, -0.2) is 18.4 Å². The molecule has 1 aromatic carbocycles. The fourth-order valence-electron chi connectivity index (χ4n) is 0.977. The van der Waals surface area contributed by atoms with E-state index in [4.69, 9.17) is 0 Å². The molecule has 0 amide bonds. The van der Waals surface area contributed by atoms with Gasteiger partial charge in [-0.1, -0.05) is 33.8 Å². The molecule has 0 saturated carbocycles. The molecule has 0 fully saturated rings. The average Bonchev–Trinajstić information content (AvgIpc) is 2.25. The minimum Gasteiger partial charge on any atom is -0.465 e. The monoisotopic (exact) mass is 252 g/mol. The van der Waals surface area contributed by atoms with Gasteiger partial charge in [-0.2, -0.15) is 0 Å².